The maximum Gasteiger partial charge on any atom is 0.305 e. The van der Waals surface area contributed by atoms with Gasteiger partial charge in [-0.1, -0.05) is 0 Å². The summed E-state index contributed by atoms with van der Waals surface area (Å²) in [4.78, 5) is 11.1. The second kappa shape index (κ2) is 8.53. The maximum atomic E-state index is 11.1. The third-order valence-electron chi connectivity index (χ3n) is 2.75. The van der Waals surface area contributed by atoms with Crippen molar-refractivity contribution in [3.05, 3.63) is 0 Å². The van der Waals surface area contributed by atoms with Crippen molar-refractivity contribution in [1.29, 1.82) is 0 Å². The molecule has 0 aromatic carbocycles. The zero-order valence-corrected chi connectivity index (χ0v) is 10.2. The molecular formula is C12H23NO3. The van der Waals surface area contributed by atoms with Crippen molar-refractivity contribution >= 4 is 5.97 Å². The number of carbonyl (C=O) groups excluding carboxylic acids is 1. The van der Waals surface area contributed by atoms with Crippen molar-refractivity contribution in [2.45, 2.75) is 45.1 Å². The summed E-state index contributed by atoms with van der Waals surface area (Å²) in [6, 6.07) is 0.560. The van der Waals surface area contributed by atoms with E-state index in [1.165, 1.54) is 6.42 Å². The van der Waals surface area contributed by atoms with E-state index in [-0.39, 0.29) is 5.97 Å². The minimum Gasteiger partial charge on any atom is -0.466 e. The van der Waals surface area contributed by atoms with Gasteiger partial charge in [-0.25, -0.2) is 0 Å². The van der Waals surface area contributed by atoms with Crippen LogP contribution in [0.15, 0.2) is 0 Å². The van der Waals surface area contributed by atoms with Gasteiger partial charge in [-0.15, -0.1) is 0 Å². The number of esters is 1. The SMILES string of the molecule is CCOC(=O)CCCNC1CCCOCC1. The predicted molar refractivity (Wildman–Crippen MR) is 62.3 cm³/mol. The molecule has 1 fully saturated rings. The highest BCUT2D eigenvalue weighted by molar-refractivity contribution is 5.69. The molecular weight excluding hydrogens is 206 g/mol. The molecule has 1 N–H and O–H groups in total. The summed E-state index contributed by atoms with van der Waals surface area (Å²) in [7, 11) is 0. The van der Waals surface area contributed by atoms with E-state index < -0.39 is 0 Å². The van der Waals surface area contributed by atoms with Crippen molar-refractivity contribution in [2.24, 2.45) is 0 Å². The Balaban J connectivity index is 1.99. The van der Waals surface area contributed by atoms with E-state index in [0.29, 0.717) is 19.1 Å². The Morgan fingerprint density at radius 3 is 3.12 bits per heavy atom. The van der Waals surface area contributed by atoms with Crippen LogP contribution in [0.3, 0.4) is 0 Å². The lowest BCUT2D eigenvalue weighted by molar-refractivity contribution is -0.143. The van der Waals surface area contributed by atoms with Gasteiger partial charge < -0.3 is 14.8 Å². The lowest BCUT2D eigenvalue weighted by atomic mass is 10.1. The third kappa shape index (κ3) is 6.08. The van der Waals surface area contributed by atoms with Crippen molar-refractivity contribution in [3.63, 3.8) is 0 Å². The van der Waals surface area contributed by atoms with Gasteiger partial charge in [0, 0.05) is 25.7 Å². The van der Waals surface area contributed by atoms with Crippen LogP contribution in [-0.4, -0.2) is 38.4 Å². The second-order valence-electron chi connectivity index (χ2n) is 4.10. The van der Waals surface area contributed by atoms with Crippen molar-refractivity contribution in [1.82, 2.24) is 5.32 Å². The normalized spacial score (nSPS) is 21.4. The molecule has 4 nitrogen and oxygen atoms in total. The summed E-state index contributed by atoms with van der Waals surface area (Å²) in [5.41, 5.74) is 0. The number of carbonyl (C=O) groups is 1. The number of ether oxygens (including phenoxy) is 2. The summed E-state index contributed by atoms with van der Waals surface area (Å²) in [5, 5.41) is 3.47. The molecule has 0 aromatic rings. The van der Waals surface area contributed by atoms with E-state index in [1.807, 2.05) is 6.92 Å². The quantitative estimate of drug-likeness (QED) is 0.554. The largest absolute Gasteiger partial charge is 0.466 e. The van der Waals surface area contributed by atoms with E-state index in [9.17, 15) is 4.79 Å². The molecule has 0 aromatic heterocycles. The molecule has 1 aliphatic heterocycles. The van der Waals surface area contributed by atoms with E-state index in [1.54, 1.807) is 0 Å². The van der Waals surface area contributed by atoms with E-state index >= 15 is 0 Å². The van der Waals surface area contributed by atoms with Gasteiger partial charge in [0.05, 0.1) is 6.61 Å². The van der Waals surface area contributed by atoms with Crippen LogP contribution in [-0.2, 0) is 14.3 Å². The van der Waals surface area contributed by atoms with Gasteiger partial charge in [0.2, 0.25) is 0 Å². The molecule has 16 heavy (non-hydrogen) atoms. The third-order valence-corrected chi connectivity index (χ3v) is 2.75. The molecule has 0 spiro atoms. The zero-order valence-electron chi connectivity index (χ0n) is 10.2. The van der Waals surface area contributed by atoms with Crippen molar-refractivity contribution in [3.8, 4) is 0 Å². The molecule has 94 valence electrons. The molecule has 4 heteroatoms. The fraction of sp³-hybridized carbons (Fsp3) is 0.917. The van der Waals surface area contributed by atoms with Crippen LogP contribution in [0.1, 0.15) is 39.0 Å². The highest BCUT2D eigenvalue weighted by Crippen LogP contribution is 2.08. The minimum atomic E-state index is -0.0894. The van der Waals surface area contributed by atoms with E-state index in [4.69, 9.17) is 9.47 Å². The molecule has 1 aliphatic rings. The first-order valence-corrected chi connectivity index (χ1v) is 6.29. The van der Waals surface area contributed by atoms with Gasteiger partial charge in [-0.3, -0.25) is 4.79 Å². The van der Waals surface area contributed by atoms with Gasteiger partial charge >= 0.3 is 5.97 Å². The monoisotopic (exact) mass is 229 g/mol. The zero-order chi connectivity index (χ0) is 11.6. The van der Waals surface area contributed by atoms with Crippen molar-refractivity contribution in [2.75, 3.05) is 26.4 Å². The average Bonchev–Trinajstić information content (AvgIpc) is 2.53. The number of hydrogen-bond acceptors (Lipinski definition) is 4. The Kier molecular flexibility index (Phi) is 7.17. The number of hydrogen-bond donors (Lipinski definition) is 1. The summed E-state index contributed by atoms with van der Waals surface area (Å²) in [6.45, 7) is 4.95. The summed E-state index contributed by atoms with van der Waals surface area (Å²) in [5.74, 6) is -0.0894. The van der Waals surface area contributed by atoms with Gasteiger partial charge in [-0.05, 0) is 39.2 Å². The van der Waals surface area contributed by atoms with Crippen LogP contribution in [0.25, 0.3) is 0 Å². The Bertz CT molecular complexity index is 189. The highest BCUT2D eigenvalue weighted by Gasteiger charge is 2.11. The Morgan fingerprint density at radius 1 is 1.44 bits per heavy atom. The number of nitrogens with one attached hydrogen (secondary N) is 1. The first kappa shape index (κ1) is 13.5. The van der Waals surface area contributed by atoms with Crippen LogP contribution >= 0.6 is 0 Å². The van der Waals surface area contributed by atoms with Gasteiger partial charge in [0.1, 0.15) is 0 Å². The molecule has 0 bridgehead atoms. The molecule has 0 radical (unpaired) electrons. The second-order valence-corrected chi connectivity index (χ2v) is 4.10. The van der Waals surface area contributed by atoms with E-state index in [2.05, 4.69) is 5.32 Å². The molecule has 1 saturated heterocycles. The van der Waals surface area contributed by atoms with Crippen LogP contribution in [0.5, 0.6) is 0 Å². The summed E-state index contributed by atoms with van der Waals surface area (Å²) in [6.07, 6.45) is 4.77. The maximum absolute atomic E-state index is 11.1. The molecule has 1 rings (SSSR count). The Labute approximate surface area is 97.7 Å². The predicted octanol–water partition coefficient (Wildman–Crippen LogP) is 1.49. The first-order valence-electron chi connectivity index (χ1n) is 6.29. The summed E-state index contributed by atoms with van der Waals surface area (Å²) >= 11 is 0. The lowest BCUT2D eigenvalue weighted by Gasteiger charge is -2.15. The van der Waals surface area contributed by atoms with Gasteiger partial charge in [0.25, 0.3) is 0 Å². The average molecular weight is 229 g/mol. The van der Waals surface area contributed by atoms with Crippen LogP contribution in [0.2, 0.25) is 0 Å². The molecule has 0 amide bonds. The number of rotatable bonds is 6. The van der Waals surface area contributed by atoms with E-state index in [0.717, 1.165) is 39.0 Å². The molecule has 0 saturated carbocycles. The Hall–Kier alpha value is -0.610. The molecule has 1 unspecified atom stereocenters. The topological polar surface area (TPSA) is 47.6 Å². The lowest BCUT2D eigenvalue weighted by Crippen LogP contribution is -2.30. The van der Waals surface area contributed by atoms with Gasteiger partial charge in [-0.2, -0.15) is 0 Å². The molecule has 0 aliphatic carbocycles. The molecule has 1 atom stereocenters. The van der Waals surface area contributed by atoms with Gasteiger partial charge in [0.15, 0.2) is 0 Å². The molecule has 1 heterocycles. The fourth-order valence-electron chi connectivity index (χ4n) is 1.88. The first-order chi connectivity index (χ1) is 7.83. The standard InChI is InChI=1S/C12H23NO3/c1-2-16-12(14)6-3-8-13-11-5-4-9-15-10-7-11/h11,13H,2-10H2,1H3. The van der Waals surface area contributed by atoms with Crippen LogP contribution < -0.4 is 5.32 Å². The minimum absolute atomic E-state index is 0.0894. The highest BCUT2D eigenvalue weighted by atomic mass is 16.5. The van der Waals surface area contributed by atoms with Crippen LogP contribution in [0, 0.1) is 0 Å². The summed E-state index contributed by atoms with van der Waals surface area (Å²) < 4.78 is 10.3. The Morgan fingerprint density at radius 2 is 2.31 bits per heavy atom. The smallest absolute Gasteiger partial charge is 0.305 e. The fourth-order valence-corrected chi connectivity index (χ4v) is 1.88. The van der Waals surface area contributed by atoms with Crippen molar-refractivity contribution < 1.29 is 14.3 Å². The van der Waals surface area contributed by atoms with Crippen LogP contribution in [0.4, 0.5) is 0 Å².